The van der Waals surface area contributed by atoms with E-state index in [-0.39, 0.29) is 5.17 Å². The fourth-order valence-electron chi connectivity index (χ4n) is 1.98. The molecule has 2 rings (SSSR count). The molecule has 17 heavy (non-hydrogen) atoms. The van der Waals surface area contributed by atoms with Gasteiger partial charge in [-0.05, 0) is 42.9 Å². The molecular formula is C13H18Cl2N2. The molecular weight excluding hydrogens is 255 g/mol. The standard InChI is InChI=1S/C11H12Cl2N2.C2H6/c1-5-9(6-2-3-6)7(12)4-8(14)10(5)11(13)15;1-2/h4,6,15H,2-3,14H2,1H3;1-2H3. The summed E-state index contributed by atoms with van der Waals surface area (Å²) in [7, 11) is 0. The lowest BCUT2D eigenvalue weighted by Crippen LogP contribution is -2.04. The SMILES string of the molecule is CC.Cc1c(C(=N)Cl)c(N)cc(Cl)c1C1CC1. The Bertz CT molecular complexity index is 438. The Kier molecular flexibility index (Phi) is 4.84. The van der Waals surface area contributed by atoms with Crippen molar-refractivity contribution in [2.24, 2.45) is 0 Å². The highest BCUT2D eigenvalue weighted by atomic mass is 35.5. The van der Waals surface area contributed by atoms with Gasteiger partial charge in [0, 0.05) is 16.3 Å². The van der Waals surface area contributed by atoms with E-state index in [0.29, 0.717) is 22.2 Å². The van der Waals surface area contributed by atoms with Crippen LogP contribution in [0.4, 0.5) is 5.69 Å². The van der Waals surface area contributed by atoms with Crippen molar-refractivity contribution in [2.75, 3.05) is 5.73 Å². The van der Waals surface area contributed by atoms with Gasteiger partial charge in [-0.25, -0.2) is 0 Å². The summed E-state index contributed by atoms with van der Waals surface area (Å²) < 4.78 is 0. The summed E-state index contributed by atoms with van der Waals surface area (Å²) in [4.78, 5) is 0. The van der Waals surface area contributed by atoms with Crippen molar-refractivity contribution < 1.29 is 0 Å². The fraction of sp³-hybridized carbons (Fsp3) is 0.462. The van der Waals surface area contributed by atoms with E-state index >= 15 is 0 Å². The van der Waals surface area contributed by atoms with Crippen LogP contribution in [0.2, 0.25) is 5.02 Å². The number of nitrogens with one attached hydrogen (secondary N) is 1. The summed E-state index contributed by atoms with van der Waals surface area (Å²) in [5.74, 6) is 0.535. The maximum atomic E-state index is 7.49. The highest BCUT2D eigenvalue weighted by Gasteiger charge is 2.29. The van der Waals surface area contributed by atoms with Crippen molar-refractivity contribution >= 4 is 34.1 Å². The maximum Gasteiger partial charge on any atom is 0.130 e. The first-order valence-corrected chi connectivity index (χ1v) is 6.61. The zero-order valence-corrected chi connectivity index (χ0v) is 11.9. The quantitative estimate of drug-likeness (QED) is 0.595. The molecule has 1 aliphatic rings. The van der Waals surface area contributed by atoms with Gasteiger partial charge in [0.1, 0.15) is 5.17 Å². The fourth-order valence-corrected chi connectivity index (χ4v) is 2.65. The van der Waals surface area contributed by atoms with E-state index in [4.69, 9.17) is 34.3 Å². The molecule has 0 bridgehead atoms. The molecule has 2 nitrogen and oxygen atoms in total. The largest absolute Gasteiger partial charge is 0.398 e. The van der Waals surface area contributed by atoms with Crippen LogP contribution in [-0.2, 0) is 0 Å². The molecule has 0 amide bonds. The van der Waals surface area contributed by atoms with E-state index in [0.717, 1.165) is 11.1 Å². The zero-order valence-electron chi connectivity index (χ0n) is 10.4. The highest BCUT2D eigenvalue weighted by Crippen LogP contribution is 2.46. The van der Waals surface area contributed by atoms with Gasteiger partial charge in [0.15, 0.2) is 0 Å². The van der Waals surface area contributed by atoms with Gasteiger partial charge in [0.25, 0.3) is 0 Å². The van der Waals surface area contributed by atoms with Crippen LogP contribution in [0.3, 0.4) is 0 Å². The number of benzene rings is 1. The van der Waals surface area contributed by atoms with Gasteiger partial charge in [-0.15, -0.1) is 0 Å². The first-order chi connectivity index (χ1) is 8.02. The van der Waals surface area contributed by atoms with Crippen LogP contribution in [0.15, 0.2) is 6.07 Å². The number of hydrogen-bond acceptors (Lipinski definition) is 2. The van der Waals surface area contributed by atoms with Crippen LogP contribution >= 0.6 is 23.2 Å². The second-order valence-corrected chi connectivity index (χ2v) is 4.73. The second kappa shape index (κ2) is 5.74. The van der Waals surface area contributed by atoms with Gasteiger partial charge in [-0.2, -0.15) is 0 Å². The van der Waals surface area contributed by atoms with Crippen LogP contribution < -0.4 is 5.73 Å². The first-order valence-electron chi connectivity index (χ1n) is 5.85. The zero-order chi connectivity index (χ0) is 13.2. The minimum absolute atomic E-state index is 0.0106. The molecule has 3 N–H and O–H groups in total. The molecule has 0 radical (unpaired) electrons. The average Bonchev–Trinajstić information content (AvgIpc) is 3.03. The van der Waals surface area contributed by atoms with E-state index in [2.05, 4.69) is 0 Å². The van der Waals surface area contributed by atoms with Gasteiger partial charge in [-0.1, -0.05) is 37.0 Å². The van der Waals surface area contributed by atoms with E-state index < -0.39 is 0 Å². The predicted molar refractivity (Wildman–Crippen MR) is 76.6 cm³/mol. The average molecular weight is 273 g/mol. The molecule has 1 fully saturated rings. The Balaban J connectivity index is 0.000000686. The third-order valence-electron chi connectivity index (χ3n) is 2.81. The van der Waals surface area contributed by atoms with Crippen molar-refractivity contribution in [3.63, 3.8) is 0 Å². The highest BCUT2D eigenvalue weighted by molar-refractivity contribution is 6.69. The Morgan fingerprint density at radius 2 is 1.94 bits per heavy atom. The summed E-state index contributed by atoms with van der Waals surface area (Å²) in [5, 5.41) is 8.18. The minimum Gasteiger partial charge on any atom is -0.398 e. The summed E-state index contributed by atoms with van der Waals surface area (Å²) in [5.41, 5.74) is 9.00. The summed E-state index contributed by atoms with van der Waals surface area (Å²) in [6.07, 6.45) is 2.33. The third kappa shape index (κ3) is 2.93. The van der Waals surface area contributed by atoms with E-state index in [1.165, 1.54) is 12.8 Å². The molecule has 0 aromatic heterocycles. The maximum absolute atomic E-state index is 7.49. The van der Waals surface area contributed by atoms with Gasteiger partial charge in [0.05, 0.1) is 0 Å². The number of anilines is 1. The summed E-state index contributed by atoms with van der Waals surface area (Å²) >= 11 is 11.9. The molecule has 0 heterocycles. The van der Waals surface area contributed by atoms with E-state index in [1.807, 2.05) is 20.8 Å². The molecule has 1 aliphatic carbocycles. The van der Waals surface area contributed by atoms with Gasteiger partial charge in [-0.3, -0.25) is 5.41 Å². The van der Waals surface area contributed by atoms with Crippen LogP contribution in [0.25, 0.3) is 0 Å². The Hall–Kier alpha value is -0.730. The number of halogens is 2. The third-order valence-corrected chi connectivity index (χ3v) is 3.31. The molecule has 0 atom stereocenters. The second-order valence-electron chi connectivity index (χ2n) is 3.95. The van der Waals surface area contributed by atoms with E-state index in [1.54, 1.807) is 6.07 Å². The van der Waals surface area contributed by atoms with Crippen molar-refractivity contribution in [2.45, 2.75) is 39.5 Å². The Morgan fingerprint density at radius 1 is 1.41 bits per heavy atom. The number of nitrogen functional groups attached to an aromatic ring is 1. The summed E-state index contributed by atoms with van der Waals surface area (Å²) in [6, 6.07) is 1.70. The molecule has 4 heteroatoms. The number of rotatable bonds is 2. The van der Waals surface area contributed by atoms with Crippen molar-refractivity contribution in [3.8, 4) is 0 Å². The summed E-state index contributed by atoms with van der Waals surface area (Å²) in [6.45, 7) is 5.93. The minimum atomic E-state index is -0.0106. The number of hydrogen-bond donors (Lipinski definition) is 2. The lowest BCUT2D eigenvalue weighted by molar-refractivity contribution is 1.10. The molecule has 1 saturated carbocycles. The molecule has 0 unspecified atom stereocenters. The van der Waals surface area contributed by atoms with Crippen molar-refractivity contribution in [1.82, 2.24) is 0 Å². The lowest BCUT2D eigenvalue weighted by Gasteiger charge is -2.13. The Morgan fingerprint density at radius 3 is 2.35 bits per heavy atom. The molecule has 0 aliphatic heterocycles. The molecule has 94 valence electrons. The normalized spacial score (nSPS) is 13.9. The van der Waals surface area contributed by atoms with Crippen molar-refractivity contribution in [1.29, 1.82) is 5.41 Å². The molecule has 0 saturated heterocycles. The van der Waals surface area contributed by atoms with Gasteiger partial charge >= 0.3 is 0 Å². The van der Waals surface area contributed by atoms with Crippen molar-refractivity contribution in [3.05, 3.63) is 27.8 Å². The predicted octanol–water partition coefficient (Wildman–Crippen LogP) is 4.70. The first kappa shape index (κ1) is 14.3. The molecule has 1 aromatic carbocycles. The van der Waals surface area contributed by atoms with Crippen LogP contribution in [0.5, 0.6) is 0 Å². The topological polar surface area (TPSA) is 49.9 Å². The smallest absolute Gasteiger partial charge is 0.130 e. The Labute approximate surface area is 113 Å². The molecule has 1 aromatic rings. The van der Waals surface area contributed by atoms with Crippen LogP contribution in [-0.4, -0.2) is 5.17 Å². The van der Waals surface area contributed by atoms with Gasteiger partial charge < -0.3 is 5.73 Å². The van der Waals surface area contributed by atoms with E-state index in [9.17, 15) is 0 Å². The molecule has 0 spiro atoms. The lowest BCUT2D eigenvalue weighted by atomic mass is 9.98. The monoisotopic (exact) mass is 272 g/mol. The van der Waals surface area contributed by atoms with Crippen LogP contribution in [0.1, 0.15) is 49.3 Å². The van der Waals surface area contributed by atoms with Crippen LogP contribution in [0, 0.1) is 12.3 Å². The van der Waals surface area contributed by atoms with Gasteiger partial charge in [0.2, 0.25) is 0 Å². The number of nitrogens with two attached hydrogens (primary N) is 1.